The van der Waals surface area contributed by atoms with Gasteiger partial charge in [-0.1, -0.05) is 11.6 Å². The van der Waals surface area contributed by atoms with Gasteiger partial charge in [-0.25, -0.2) is 4.98 Å². The van der Waals surface area contributed by atoms with Gasteiger partial charge in [-0.15, -0.1) is 0 Å². The van der Waals surface area contributed by atoms with Gasteiger partial charge in [0.1, 0.15) is 5.15 Å². The van der Waals surface area contributed by atoms with Crippen LogP contribution in [-0.4, -0.2) is 10.7 Å². The molecule has 0 aliphatic rings. The normalized spacial score (nSPS) is 11.6. The molecule has 0 spiro atoms. The Bertz CT molecular complexity index is 283. The second-order valence-corrected chi connectivity index (χ2v) is 2.41. The van der Waals surface area contributed by atoms with Crippen molar-refractivity contribution in [3.05, 3.63) is 29.0 Å². The molecule has 1 aromatic rings. The first-order chi connectivity index (χ1) is 5.25. The first kappa shape index (κ1) is 8.01. The van der Waals surface area contributed by atoms with Crippen molar-refractivity contribution in [2.75, 3.05) is 0 Å². The lowest BCUT2D eigenvalue weighted by Crippen LogP contribution is -2.00. The number of nitrogens with two attached hydrogens (primary N) is 1. The molecule has 0 amide bonds. The van der Waals surface area contributed by atoms with Crippen molar-refractivity contribution >= 4 is 17.3 Å². The average molecular weight is 170 g/mol. The number of hydrogen-bond acceptors (Lipinski definition) is 3. The van der Waals surface area contributed by atoms with Gasteiger partial charge in [-0.2, -0.15) is 5.10 Å². The van der Waals surface area contributed by atoms with Crippen LogP contribution in [0.1, 0.15) is 12.5 Å². The molecule has 0 saturated heterocycles. The van der Waals surface area contributed by atoms with Gasteiger partial charge in [0.15, 0.2) is 0 Å². The Morgan fingerprint density at radius 1 is 1.73 bits per heavy atom. The van der Waals surface area contributed by atoms with Gasteiger partial charge >= 0.3 is 0 Å². The van der Waals surface area contributed by atoms with E-state index in [2.05, 4.69) is 10.1 Å². The maximum Gasteiger partial charge on any atom is 0.138 e. The maximum atomic E-state index is 5.75. The summed E-state index contributed by atoms with van der Waals surface area (Å²) in [5.41, 5.74) is 1.46. The highest BCUT2D eigenvalue weighted by Gasteiger charge is 2.01. The van der Waals surface area contributed by atoms with Crippen LogP contribution >= 0.6 is 11.6 Å². The van der Waals surface area contributed by atoms with Crippen LogP contribution in [0.5, 0.6) is 0 Å². The van der Waals surface area contributed by atoms with Crippen LogP contribution in [0.25, 0.3) is 0 Å². The molecule has 3 nitrogen and oxygen atoms in total. The van der Waals surface area contributed by atoms with E-state index in [1.54, 1.807) is 19.2 Å². The minimum absolute atomic E-state index is 0.430. The Balaban J connectivity index is 3.14. The zero-order valence-electron chi connectivity index (χ0n) is 6.08. The number of hydrazone groups is 1. The lowest BCUT2D eigenvalue weighted by atomic mass is 10.2. The van der Waals surface area contributed by atoms with Gasteiger partial charge in [-0.05, 0) is 19.1 Å². The monoisotopic (exact) mass is 169 g/mol. The number of nitrogens with zero attached hydrogens (tertiary/aromatic N) is 2. The lowest BCUT2D eigenvalue weighted by Gasteiger charge is -1.98. The van der Waals surface area contributed by atoms with Gasteiger partial charge < -0.3 is 5.84 Å². The number of halogens is 1. The fraction of sp³-hybridized carbons (Fsp3) is 0.143. The zero-order chi connectivity index (χ0) is 8.27. The van der Waals surface area contributed by atoms with E-state index < -0.39 is 0 Å². The van der Waals surface area contributed by atoms with Crippen molar-refractivity contribution in [2.45, 2.75) is 6.92 Å². The largest absolute Gasteiger partial charge is 0.323 e. The highest BCUT2D eigenvalue weighted by molar-refractivity contribution is 6.32. The standard InChI is InChI=1S/C7H8ClN3/c1-5(11-9)6-3-2-4-10-7(6)8/h2-4H,9H2,1H3. The molecular formula is C7H8ClN3. The maximum absolute atomic E-state index is 5.75. The van der Waals surface area contributed by atoms with Gasteiger partial charge in [-0.3, -0.25) is 0 Å². The number of hydrogen-bond donors (Lipinski definition) is 1. The second-order valence-electron chi connectivity index (χ2n) is 2.06. The highest BCUT2D eigenvalue weighted by Crippen LogP contribution is 2.11. The number of rotatable bonds is 1. The average Bonchev–Trinajstić information content (AvgIpc) is 2.04. The molecule has 0 aromatic carbocycles. The molecule has 1 heterocycles. The van der Waals surface area contributed by atoms with Crippen LogP contribution in [0, 0.1) is 0 Å². The van der Waals surface area contributed by atoms with Crippen molar-refractivity contribution in [1.29, 1.82) is 0 Å². The Morgan fingerprint density at radius 2 is 2.45 bits per heavy atom. The molecule has 0 saturated carbocycles. The summed E-state index contributed by atoms with van der Waals surface area (Å²) in [6, 6.07) is 3.61. The van der Waals surface area contributed by atoms with Crippen molar-refractivity contribution in [3.8, 4) is 0 Å². The zero-order valence-corrected chi connectivity index (χ0v) is 6.84. The number of aromatic nitrogens is 1. The summed E-state index contributed by atoms with van der Waals surface area (Å²) in [7, 11) is 0. The summed E-state index contributed by atoms with van der Waals surface area (Å²) in [4.78, 5) is 3.88. The predicted molar refractivity (Wildman–Crippen MR) is 45.6 cm³/mol. The molecule has 0 aliphatic heterocycles. The minimum atomic E-state index is 0.430. The van der Waals surface area contributed by atoms with E-state index in [9.17, 15) is 0 Å². The molecule has 1 aromatic heterocycles. The van der Waals surface area contributed by atoms with Crippen molar-refractivity contribution < 1.29 is 0 Å². The molecule has 0 fully saturated rings. The Labute approximate surface area is 69.9 Å². The van der Waals surface area contributed by atoms with E-state index in [1.165, 1.54) is 0 Å². The third-order valence-electron chi connectivity index (χ3n) is 1.34. The summed E-state index contributed by atoms with van der Waals surface area (Å²) < 4.78 is 0. The third-order valence-corrected chi connectivity index (χ3v) is 1.64. The summed E-state index contributed by atoms with van der Waals surface area (Å²) in [5, 5.41) is 3.94. The SMILES string of the molecule is CC(=NN)c1cccnc1Cl. The fourth-order valence-electron chi connectivity index (χ4n) is 0.725. The summed E-state index contributed by atoms with van der Waals surface area (Å²) in [5.74, 6) is 5.07. The summed E-state index contributed by atoms with van der Waals surface area (Å²) >= 11 is 5.75. The van der Waals surface area contributed by atoms with E-state index in [4.69, 9.17) is 17.4 Å². The fourth-order valence-corrected chi connectivity index (χ4v) is 0.982. The number of pyridine rings is 1. The quantitative estimate of drug-likeness (QED) is 0.299. The van der Waals surface area contributed by atoms with Crippen LogP contribution in [0.15, 0.2) is 23.4 Å². The van der Waals surface area contributed by atoms with Crippen molar-refractivity contribution in [2.24, 2.45) is 10.9 Å². The first-order valence-corrected chi connectivity index (χ1v) is 3.49. The van der Waals surface area contributed by atoms with Gasteiger partial charge in [0, 0.05) is 11.8 Å². The first-order valence-electron chi connectivity index (χ1n) is 3.11. The predicted octanol–water partition coefficient (Wildman–Crippen LogP) is 1.42. The van der Waals surface area contributed by atoms with Crippen LogP contribution in [0.3, 0.4) is 0 Å². The molecule has 0 atom stereocenters. The minimum Gasteiger partial charge on any atom is -0.323 e. The van der Waals surface area contributed by atoms with Gasteiger partial charge in [0.25, 0.3) is 0 Å². The van der Waals surface area contributed by atoms with Crippen LogP contribution in [-0.2, 0) is 0 Å². The molecule has 1 rings (SSSR count). The van der Waals surface area contributed by atoms with Gasteiger partial charge in [0.05, 0.1) is 5.71 Å². The van der Waals surface area contributed by atoms with E-state index in [0.29, 0.717) is 10.9 Å². The van der Waals surface area contributed by atoms with Crippen LogP contribution < -0.4 is 5.84 Å². The van der Waals surface area contributed by atoms with Gasteiger partial charge in [0.2, 0.25) is 0 Å². The third kappa shape index (κ3) is 1.68. The topological polar surface area (TPSA) is 51.3 Å². The molecule has 4 heteroatoms. The molecule has 0 unspecified atom stereocenters. The molecule has 58 valence electrons. The van der Waals surface area contributed by atoms with Crippen molar-refractivity contribution in [3.63, 3.8) is 0 Å². The highest BCUT2D eigenvalue weighted by atomic mass is 35.5. The van der Waals surface area contributed by atoms with E-state index in [1.807, 2.05) is 6.07 Å². The molecule has 2 N–H and O–H groups in total. The smallest absolute Gasteiger partial charge is 0.138 e. The van der Waals surface area contributed by atoms with Crippen LogP contribution in [0.4, 0.5) is 0 Å². The van der Waals surface area contributed by atoms with E-state index in [0.717, 1.165) is 5.56 Å². The summed E-state index contributed by atoms with van der Waals surface area (Å²) in [6.07, 6.45) is 1.62. The lowest BCUT2D eigenvalue weighted by molar-refractivity contribution is 1.22. The Kier molecular flexibility index (Phi) is 2.44. The Hall–Kier alpha value is -1.09. The van der Waals surface area contributed by atoms with Crippen molar-refractivity contribution in [1.82, 2.24) is 4.98 Å². The summed E-state index contributed by atoms with van der Waals surface area (Å²) in [6.45, 7) is 1.78. The molecule has 11 heavy (non-hydrogen) atoms. The molecular weight excluding hydrogens is 162 g/mol. The molecule has 0 bridgehead atoms. The second kappa shape index (κ2) is 3.34. The Morgan fingerprint density at radius 3 is 3.00 bits per heavy atom. The molecule has 0 aliphatic carbocycles. The van der Waals surface area contributed by atoms with E-state index >= 15 is 0 Å². The van der Waals surface area contributed by atoms with E-state index in [-0.39, 0.29) is 0 Å². The van der Waals surface area contributed by atoms with Crippen LogP contribution in [0.2, 0.25) is 5.15 Å². The molecule has 0 radical (unpaired) electrons.